The molecule has 2 rings (SSSR count). The van der Waals surface area contributed by atoms with Crippen molar-refractivity contribution in [2.24, 2.45) is 5.41 Å². The summed E-state index contributed by atoms with van der Waals surface area (Å²) < 4.78 is 16.8. The third kappa shape index (κ3) is 3.97. The first-order valence-electron chi connectivity index (χ1n) is 7.97. The number of furan rings is 1. The van der Waals surface area contributed by atoms with Crippen LogP contribution in [0.4, 0.5) is 0 Å². The molecule has 5 heteroatoms. The van der Waals surface area contributed by atoms with Crippen LogP contribution in [-0.4, -0.2) is 22.1 Å². The van der Waals surface area contributed by atoms with E-state index in [0.29, 0.717) is 0 Å². The van der Waals surface area contributed by atoms with E-state index in [1.54, 1.807) is 6.26 Å². The minimum atomic E-state index is -0.981. The Morgan fingerprint density at radius 3 is 2.29 bits per heavy atom. The second-order valence-electron chi connectivity index (χ2n) is 7.02. The highest BCUT2D eigenvalue weighted by atomic mass is 28.3. The van der Waals surface area contributed by atoms with Crippen LogP contribution < -0.4 is 0 Å². The van der Waals surface area contributed by atoms with E-state index in [9.17, 15) is 4.79 Å². The Labute approximate surface area is 145 Å². The zero-order chi connectivity index (χ0) is 17.9. The number of hydrogen-bond donors (Lipinski definition) is 0. The molecule has 0 aliphatic rings. The molecule has 4 nitrogen and oxygen atoms in total. The number of esters is 1. The fourth-order valence-corrected chi connectivity index (χ4v) is 3.57. The van der Waals surface area contributed by atoms with Crippen LogP contribution in [0.15, 0.2) is 41.0 Å². The molecule has 1 heterocycles. The molecule has 1 aromatic heterocycles. The van der Waals surface area contributed by atoms with E-state index >= 15 is 0 Å². The minimum Gasteiger partial charge on any atom is -0.463 e. The maximum absolute atomic E-state index is 12.2. The normalized spacial score (nSPS) is 13.1. The average Bonchev–Trinajstić information content (AvgIpc) is 2.95. The summed E-state index contributed by atoms with van der Waals surface area (Å²) in [5.74, 6) is -0.259. The van der Waals surface area contributed by atoms with Gasteiger partial charge in [-0.25, -0.2) is 4.79 Å². The van der Waals surface area contributed by atoms with E-state index in [4.69, 9.17) is 13.6 Å². The first-order valence-corrected chi connectivity index (χ1v) is 10.4. The van der Waals surface area contributed by atoms with E-state index in [1.165, 1.54) is 7.11 Å². The number of ether oxygens (including phenoxy) is 1. The van der Waals surface area contributed by atoms with Crippen molar-refractivity contribution in [1.82, 2.24) is 0 Å². The van der Waals surface area contributed by atoms with Gasteiger partial charge in [0, 0.05) is 11.1 Å². The summed E-state index contributed by atoms with van der Waals surface area (Å²) in [6.45, 7) is 10.5. The van der Waals surface area contributed by atoms with E-state index in [2.05, 4.69) is 33.9 Å². The minimum absolute atomic E-state index is 0.196. The van der Waals surface area contributed by atoms with Gasteiger partial charge in [0.05, 0.1) is 19.5 Å². The highest BCUT2D eigenvalue weighted by molar-refractivity contribution is 6.48. The summed E-state index contributed by atoms with van der Waals surface area (Å²) in [5, 5.41) is 0. The van der Waals surface area contributed by atoms with Crippen molar-refractivity contribution in [2.75, 3.05) is 7.11 Å². The first-order chi connectivity index (χ1) is 11.3. The Kier molecular flexibility index (Phi) is 5.67. The summed E-state index contributed by atoms with van der Waals surface area (Å²) in [5.41, 5.74) is 2.44. The molecule has 0 N–H and O–H groups in total. The Morgan fingerprint density at radius 1 is 1.17 bits per heavy atom. The van der Waals surface area contributed by atoms with Crippen molar-refractivity contribution in [3.8, 4) is 11.1 Å². The SMILES string of the molecule is COC(=O)c1occ(-c2ccccc2)c1C(O[Si](C)C)C(C)(C)C. The highest BCUT2D eigenvalue weighted by Crippen LogP contribution is 2.44. The van der Waals surface area contributed by atoms with Gasteiger partial charge in [-0.2, -0.15) is 0 Å². The molecule has 2 aromatic rings. The quantitative estimate of drug-likeness (QED) is 0.559. The zero-order valence-electron chi connectivity index (χ0n) is 15.2. The average molecular weight is 345 g/mol. The van der Waals surface area contributed by atoms with Crippen LogP contribution >= 0.6 is 0 Å². The van der Waals surface area contributed by atoms with Crippen LogP contribution in [0.5, 0.6) is 0 Å². The Morgan fingerprint density at radius 2 is 1.79 bits per heavy atom. The van der Waals surface area contributed by atoms with Gasteiger partial charge in [-0.15, -0.1) is 0 Å². The second-order valence-corrected chi connectivity index (χ2v) is 9.07. The van der Waals surface area contributed by atoms with Crippen LogP contribution in [0, 0.1) is 5.41 Å². The molecule has 1 radical (unpaired) electrons. The lowest BCUT2D eigenvalue weighted by molar-refractivity contribution is 0.0533. The summed E-state index contributed by atoms with van der Waals surface area (Å²) in [6.07, 6.45) is 1.36. The molecular weight excluding hydrogens is 320 g/mol. The second kappa shape index (κ2) is 7.36. The van der Waals surface area contributed by atoms with Gasteiger partial charge in [0.25, 0.3) is 0 Å². The maximum Gasteiger partial charge on any atom is 0.374 e. The van der Waals surface area contributed by atoms with Crippen molar-refractivity contribution in [2.45, 2.75) is 40.0 Å². The number of benzene rings is 1. The highest BCUT2D eigenvalue weighted by Gasteiger charge is 2.36. The molecule has 1 unspecified atom stereocenters. The van der Waals surface area contributed by atoms with E-state index in [-0.39, 0.29) is 17.3 Å². The Hall–Kier alpha value is -1.85. The van der Waals surface area contributed by atoms with Gasteiger partial charge >= 0.3 is 5.97 Å². The van der Waals surface area contributed by atoms with Crippen LogP contribution in [0.25, 0.3) is 11.1 Å². The van der Waals surface area contributed by atoms with Gasteiger partial charge < -0.3 is 13.6 Å². The zero-order valence-corrected chi connectivity index (χ0v) is 16.2. The van der Waals surface area contributed by atoms with Crippen LogP contribution in [0.3, 0.4) is 0 Å². The van der Waals surface area contributed by atoms with Gasteiger partial charge in [0.1, 0.15) is 0 Å². The Balaban J connectivity index is 2.67. The molecule has 0 amide bonds. The van der Waals surface area contributed by atoms with Crippen molar-refractivity contribution in [1.29, 1.82) is 0 Å². The molecule has 1 atom stereocenters. The standard InChI is InChI=1S/C19H25O4Si/c1-19(2,3)17(23-24(5)6)15-14(13-10-8-7-9-11-13)12-22-16(15)18(20)21-4/h7-12,17H,1-6H3. The number of carbonyl (C=O) groups excluding carboxylic acids is 1. The van der Waals surface area contributed by atoms with E-state index < -0.39 is 15.0 Å². The van der Waals surface area contributed by atoms with Crippen LogP contribution in [0.2, 0.25) is 13.1 Å². The van der Waals surface area contributed by atoms with Crippen molar-refractivity contribution in [3.63, 3.8) is 0 Å². The summed E-state index contributed by atoms with van der Waals surface area (Å²) in [7, 11) is 0.379. The third-order valence-corrected chi connectivity index (χ3v) is 4.39. The monoisotopic (exact) mass is 345 g/mol. The molecule has 0 bridgehead atoms. The molecule has 0 saturated heterocycles. The fraction of sp³-hybridized carbons (Fsp3) is 0.421. The van der Waals surface area contributed by atoms with Crippen LogP contribution in [-0.2, 0) is 9.16 Å². The van der Waals surface area contributed by atoms with Gasteiger partial charge in [0.15, 0.2) is 0 Å². The molecule has 24 heavy (non-hydrogen) atoms. The summed E-state index contributed by atoms with van der Waals surface area (Å²) >= 11 is 0. The van der Waals surface area contributed by atoms with Gasteiger partial charge in [-0.3, -0.25) is 0 Å². The number of hydrogen-bond acceptors (Lipinski definition) is 4. The topological polar surface area (TPSA) is 48.7 Å². The predicted molar refractivity (Wildman–Crippen MR) is 96.2 cm³/mol. The number of carbonyl (C=O) groups is 1. The van der Waals surface area contributed by atoms with Gasteiger partial charge in [-0.05, 0) is 24.1 Å². The lowest BCUT2D eigenvalue weighted by atomic mass is 9.82. The predicted octanol–water partition coefficient (Wildman–Crippen LogP) is 5.09. The summed E-state index contributed by atoms with van der Waals surface area (Å²) in [4.78, 5) is 12.2. The van der Waals surface area contributed by atoms with Crippen molar-refractivity contribution >= 4 is 15.0 Å². The van der Waals surface area contributed by atoms with Crippen LogP contribution in [0.1, 0.15) is 43.0 Å². The first kappa shape index (κ1) is 18.5. The molecule has 129 valence electrons. The number of rotatable bonds is 5. The number of methoxy groups -OCH3 is 1. The van der Waals surface area contributed by atoms with Gasteiger partial charge in [-0.1, -0.05) is 51.1 Å². The van der Waals surface area contributed by atoms with E-state index in [0.717, 1.165) is 16.7 Å². The lowest BCUT2D eigenvalue weighted by Gasteiger charge is -2.33. The Bertz CT molecular complexity index is 683. The molecule has 0 fully saturated rings. The third-order valence-electron chi connectivity index (χ3n) is 3.69. The van der Waals surface area contributed by atoms with Crippen molar-refractivity contribution in [3.05, 3.63) is 47.9 Å². The molecule has 1 aromatic carbocycles. The van der Waals surface area contributed by atoms with Crippen molar-refractivity contribution < 1.29 is 18.4 Å². The molecule has 0 spiro atoms. The smallest absolute Gasteiger partial charge is 0.374 e. The van der Waals surface area contributed by atoms with E-state index in [1.807, 2.05) is 30.3 Å². The molecular formula is C19H25O4Si. The lowest BCUT2D eigenvalue weighted by Crippen LogP contribution is -2.27. The summed E-state index contributed by atoms with van der Waals surface area (Å²) in [6, 6.07) is 9.89. The maximum atomic E-state index is 12.2. The molecule has 0 saturated carbocycles. The largest absolute Gasteiger partial charge is 0.463 e. The molecule has 0 aliphatic heterocycles. The van der Waals surface area contributed by atoms with Gasteiger partial charge in [0.2, 0.25) is 14.8 Å². The fourth-order valence-electron chi connectivity index (χ4n) is 2.62. The molecule has 0 aliphatic carbocycles.